The second-order valence-electron chi connectivity index (χ2n) is 9.35. The van der Waals surface area contributed by atoms with E-state index in [0.29, 0.717) is 22.5 Å². The van der Waals surface area contributed by atoms with Gasteiger partial charge in [-0.25, -0.2) is 18.4 Å². The zero-order chi connectivity index (χ0) is 25.4. The molecule has 0 saturated carbocycles. The van der Waals surface area contributed by atoms with Crippen LogP contribution in [0.5, 0.6) is 0 Å². The number of hydrogen-bond acceptors (Lipinski definition) is 5. The van der Waals surface area contributed by atoms with E-state index in [9.17, 15) is 8.42 Å². The maximum absolute atomic E-state index is 13.4. The number of fused-ring (bicyclic) bond motifs is 5. The lowest BCUT2D eigenvalue weighted by Crippen LogP contribution is -2.14. The van der Waals surface area contributed by atoms with Gasteiger partial charge >= 0.3 is 0 Å². The summed E-state index contributed by atoms with van der Waals surface area (Å²) in [6.07, 6.45) is 1.79. The van der Waals surface area contributed by atoms with Gasteiger partial charge in [-0.3, -0.25) is 9.55 Å². The summed E-state index contributed by atoms with van der Waals surface area (Å²) in [6, 6.07) is 32.6. The predicted molar refractivity (Wildman–Crippen MR) is 148 cm³/mol. The van der Waals surface area contributed by atoms with Crippen molar-refractivity contribution in [1.29, 1.82) is 0 Å². The monoisotopic (exact) mass is 510 g/mol. The van der Waals surface area contributed by atoms with E-state index in [1.807, 2.05) is 65.2 Å². The molecule has 0 bridgehead atoms. The second kappa shape index (κ2) is 7.57. The summed E-state index contributed by atoms with van der Waals surface area (Å²) in [5.74, 6) is 0.697. The number of rotatable bonds is 2. The molecule has 4 heterocycles. The van der Waals surface area contributed by atoms with Gasteiger partial charge in [0.1, 0.15) is 5.82 Å². The number of imidazole rings is 1. The fourth-order valence-electron chi connectivity index (χ4n) is 5.40. The van der Waals surface area contributed by atoms with Crippen LogP contribution in [0.4, 0.5) is 0 Å². The largest absolute Gasteiger partial charge is 0.290 e. The molecule has 8 rings (SSSR count). The SMILES string of the molecule is O=S1(=O)c2ccccc2-n2c(-c3ccc(-c4ccc5ccc6cccnc6c5n4)cc3)nc3cccc1c32. The van der Waals surface area contributed by atoms with E-state index in [4.69, 9.17) is 9.97 Å². The van der Waals surface area contributed by atoms with E-state index in [1.54, 1.807) is 30.5 Å². The number of aromatic nitrogens is 4. The Hall–Kier alpha value is -4.88. The van der Waals surface area contributed by atoms with Gasteiger partial charge in [-0.05, 0) is 36.4 Å². The summed E-state index contributed by atoms with van der Waals surface area (Å²) in [5, 5.41) is 2.10. The lowest BCUT2D eigenvalue weighted by Gasteiger charge is -2.20. The van der Waals surface area contributed by atoms with Gasteiger partial charge in [0, 0.05) is 28.1 Å². The second-order valence-corrected chi connectivity index (χ2v) is 11.2. The zero-order valence-electron chi connectivity index (χ0n) is 19.9. The average Bonchev–Trinajstić information content (AvgIpc) is 3.36. The molecule has 4 aromatic carbocycles. The first-order chi connectivity index (χ1) is 18.6. The number of nitrogens with zero attached hydrogens (tertiary/aromatic N) is 4. The van der Waals surface area contributed by atoms with Crippen LogP contribution in [0.15, 0.2) is 119 Å². The summed E-state index contributed by atoms with van der Waals surface area (Å²) < 4.78 is 28.7. The van der Waals surface area contributed by atoms with E-state index >= 15 is 0 Å². The molecule has 0 saturated heterocycles. The molecule has 6 nitrogen and oxygen atoms in total. The Balaban J connectivity index is 1.29. The smallest absolute Gasteiger partial charge is 0.210 e. The van der Waals surface area contributed by atoms with Crippen molar-refractivity contribution in [2.75, 3.05) is 0 Å². The van der Waals surface area contributed by atoms with Gasteiger partial charge in [0.2, 0.25) is 9.84 Å². The highest BCUT2D eigenvalue weighted by atomic mass is 32.2. The molecule has 0 radical (unpaired) electrons. The fourth-order valence-corrected chi connectivity index (χ4v) is 7.04. The van der Waals surface area contributed by atoms with Gasteiger partial charge < -0.3 is 0 Å². The lowest BCUT2D eigenvalue weighted by molar-refractivity contribution is 0.594. The van der Waals surface area contributed by atoms with Gasteiger partial charge in [-0.2, -0.15) is 0 Å². The van der Waals surface area contributed by atoms with Crippen molar-refractivity contribution in [1.82, 2.24) is 19.5 Å². The van der Waals surface area contributed by atoms with Crippen LogP contribution < -0.4 is 0 Å². The predicted octanol–water partition coefficient (Wildman–Crippen LogP) is 6.60. The Bertz CT molecular complexity index is 2200. The molecular weight excluding hydrogens is 492 g/mol. The van der Waals surface area contributed by atoms with Crippen molar-refractivity contribution in [3.8, 4) is 28.3 Å². The standard InChI is InChI=1S/C31H18N4O2S/c36-38(37)26-8-2-1-7-25(26)35-30-24(6-3-9-27(30)38)34-31(35)22-14-10-19(11-15-22)23-17-16-21-13-12-20-5-4-18-32-28(20)29(21)33-23/h1-18H. The molecule has 7 heteroatoms. The molecule has 1 aliphatic rings. The number of benzene rings is 4. The highest BCUT2D eigenvalue weighted by Gasteiger charge is 2.33. The number of sulfone groups is 1. The molecule has 7 aromatic rings. The van der Waals surface area contributed by atoms with Crippen molar-refractivity contribution in [3.05, 3.63) is 109 Å². The summed E-state index contributed by atoms with van der Waals surface area (Å²) >= 11 is 0. The molecule has 180 valence electrons. The third-order valence-corrected chi connectivity index (χ3v) is 9.03. The molecule has 0 spiro atoms. The van der Waals surface area contributed by atoms with Crippen LogP contribution in [0.1, 0.15) is 0 Å². The highest BCUT2D eigenvalue weighted by Crippen LogP contribution is 2.41. The van der Waals surface area contributed by atoms with Gasteiger partial charge in [0.15, 0.2) is 0 Å². The highest BCUT2D eigenvalue weighted by molar-refractivity contribution is 7.92. The molecule has 0 unspecified atom stereocenters. The minimum Gasteiger partial charge on any atom is -0.290 e. The molecule has 0 amide bonds. The first kappa shape index (κ1) is 21.2. The molecule has 0 atom stereocenters. The van der Waals surface area contributed by atoms with Crippen LogP contribution in [-0.4, -0.2) is 27.9 Å². The molecule has 1 aliphatic heterocycles. The summed E-state index contributed by atoms with van der Waals surface area (Å²) in [7, 11) is -3.63. The van der Waals surface area contributed by atoms with Crippen molar-refractivity contribution in [3.63, 3.8) is 0 Å². The minimum atomic E-state index is -3.63. The Labute approximate surface area is 217 Å². The topological polar surface area (TPSA) is 77.7 Å². The fraction of sp³-hybridized carbons (Fsp3) is 0. The van der Waals surface area contributed by atoms with Crippen LogP contribution in [0.3, 0.4) is 0 Å². The lowest BCUT2D eigenvalue weighted by atomic mass is 10.1. The van der Waals surface area contributed by atoms with Crippen LogP contribution in [-0.2, 0) is 9.84 Å². The van der Waals surface area contributed by atoms with E-state index in [-0.39, 0.29) is 9.79 Å². The van der Waals surface area contributed by atoms with Gasteiger partial charge in [-0.1, -0.05) is 66.7 Å². The van der Waals surface area contributed by atoms with E-state index < -0.39 is 9.84 Å². The Kier molecular flexibility index (Phi) is 4.23. The zero-order valence-corrected chi connectivity index (χ0v) is 20.7. The normalized spacial score (nSPS) is 13.7. The number of hydrogen-bond donors (Lipinski definition) is 0. The third-order valence-electron chi connectivity index (χ3n) is 7.20. The van der Waals surface area contributed by atoms with Crippen LogP contribution >= 0.6 is 0 Å². The van der Waals surface area contributed by atoms with E-state index in [1.165, 1.54) is 0 Å². The van der Waals surface area contributed by atoms with E-state index in [2.05, 4.69) is 23.2 Å². The third kappa shape index (κ3) is 2.87. The molecule has 3 aromatic heterocycles. The first-order valence-electron chi connectivity index (χ1n) is 12.2. The minimum absolute atomic E-state index is 0.283. The Morgan fingerprint density at radius 2 is 1.34 bits per heavy atom. The van der Waals surface area contributed by atoms with Crippen molar-refractivity contribution in [2.45, 2.75) is 9.79 Å². The van der Waals surface area contributed by atoms with Crippen molar-refractivity contribution in [2.24, 2.45) is 0 Å². The van der Waals surface area contributed by atoms with Gasteiger partial charge in [0.25, 0.3) is 0 Å². The summed E-state index contributed by atoms with van der Waals surface area (Å²) in [4.78, 5) is 15.0. The van der Waals surface area contributed by atoms with E-state index in [0.717, 1.165) is 38.6 Å². The van der Waals surface area contributed by atoms with Crippen LogP contribution in [0, 0.1) is 0 Å². The van der Waals surface area contributed by atoms with Crippen molar-refractivity contribution < 1.29 is 8.42 Å². The Morgan fingerprint density at radius 1 is 0.605 bits per heavy atom. The molecule has 38 heavy (non-hydrogen) atoms. The maximum Gasteiger partial charge on any atom is 0.210 e. The van der Waals surface area contributed by atoms with Crippen LogP contribution in [0.2, 0.25) is 0 Å². The molecular formula is C31H18N4O2S. The number of pyridine rings is 2. The van der Waals surface area contributed by atoms with Crippen molar-refractivity contribution >= 4 is 42.7 Å². The summed E-state index contributed by atoms with van der Waals surface area (Å²) in [5.41, 5.74) is 6.35. The number of para-hydroxylation sites is 2. The van der Waals surface area contributed by atoms with Crippen LogP contribution in [0.25, 0.3) is 61.2 Å². The maximum atomic E-state index is 13.4. The van der Waals surface area contributed by atoms with Gasteiger partial charge in [-0.15, -0.1) is 0 Å². The molecule has 0 fully saturated rings. The van der Waals surface area contributed by atoms with Gasteiger partial charge in [0.05, 0.1) is 43.2 Å². The molecule has 0 aliphatic carbocycles. The quantitative estimate of drug-likeness (QED) is 0.245. The molecule has 0 N–H and O–H groups in total. The summed E-state index contributed by atoms with van der Waals surface area (Å²) in [6.45, 7) is 0. The average molecular weight is 511 g/mol. The first-order valence-corrected chi connectivity index (χ1v) is 13.7. The Morgan fingerprint density at radius 3 is 2.21 bits per heavy atom.